The Morgan fingerprint density at radius 3 is 2.19 bits per heavy atom. The van der Waals surface area contributed by atoms with Crippen LogP contribution in [0.1, 0.15) is 57.4 Å². The van der Waals surface area contributed by atoms with Crippen LogP contribution in [0.5, 0.6) is 5.75 Å². The second-order valence-electron chi connectivity index (χ2n) is 6.84. The Balaban J connectivity index is 1.92. The molecule has 1 saturated carbocycles. The topological polar surface area (TPSA) is 46.6 Å². The highest BCUT2D eigenvalue weighted by molar-refractivity contribution is 8.04. The number of ether oxygens (including phenoxy) is 1. The van der Waals surface area contributed by atoms with E-state index >= 15 is 0 Å². The molecule has 0 N–H and O–H groups in total. The van der Waals surface area contributed by atoms with Crippen LogP contribution < -0.4 is 4.74 Å². The average Bonchev–Trinajstić information content (AvgIpc) is 2.86. The van der Waals surface area contributed by atoms with Gasteiger partial charge in [-0.2, -0.15) is 0 Å². The summed E-state index contributed by atoms with van der Waals surface area (Å²) >= 11 is 1.48. The lowest BCUT2D eigenvalue weighted by molar-refractivity contribution is -0.139. The molecule has 1 aromatic carbocycles. The summed E-state index contributed by atoms with van der Waals surface area (Å²) < 4.78 is 5.21. The summed E-state index contributed by atoms with van der Waals surface area (Å²) in [6.45, 7) is 2.01. The van der Waals surface area contributed by atoms with E-state index in [4.69, 9.17) is 4.74 Å². The molecule has 0 unspecified atom stereocenters. The summed E-state index contributed by atoms with van der Waals surface area (Å²) in [4.78, 5) is 28.5. The van der Waals surface area contributed by atoms with Gasteiger partial charge in [0.2, 0.25) is 0 Å². The number of hydrogen-bond acceptors (Lipinski definition) is 4. The van der Waals surface area contributed by atoms with Crippen LogP contribution in [-0.4, -0.2) is 35.6 Å². The quantitative estimate of drug-likeness (QED) is 0.705. The van der Waals surface area contributed by atoms with E-state index in [9.17, 15) is 9.59 Å². The molecule has 1 aromatic rings. The fraction of sp³-hybridized carbons (Fsp3) is 0.524. The number of thioether (sulfide) groups is 1. The maximum absolute atomic E-state index is 13.3. The zero-order valence-electron chi connectivity index (χ0n) is 15.6. The van der Waals surface area contributed by atoms with Crippen LogP contribution in [0, 0.1) is 0 Å². The van der Waals surface area contributed by atoms with Crippen molar-refractivity contribution in [3.63, 3.8) is 0 Å². The SMILES string of the molecule is CCSC1=C(c2ccc(OC)cc2)C(=O)N(C2CCCCCCC2)C1=O. The highest BCUT2D eigenvalue weighted by Crippen LogP contribution is 2.39. The molecule has 1 aliphatic heterocycles. The van der Waals surface area contributed by atoms with Crippen molar-refractivity contribution < 1.29 is 14.3 Å². The van der Waals surface area contributed by atoms with E-state index in [0.717, 1.165) is 42.7 Å². The summed E-state index contributed by atoms with van der Waals surface area (Å²) in [6, 6.07) is 7.46. The van der Waals surface area contributed by atoms with Crippen LogP contribution in [0.3, 0.4) is 0 Å². The van der Waals surface area contributed by atoms with Gasteiger partial charge in [-0.15, -0.1) is 11.8 Å². The third kappa shape index (κ3) is 3.83. The Morgan fingerprint density at radius 1 is 1.00 bits per heavy atom. The van der Waals surface area contributed by atoms with Crippen molar-refractivity contribution in [2.24, 2.45) is 0 Å². The van der Waals surface area contributed by atoms with E-state index in [1.165, 1.54) is 31.0 Å². The zero-order valence-corrected chi connectivity index (χ0v) is 16.4. The van der Waals surface area contributed by atoms with Crippen LogP contribution in [0.4, 0.5) is 0 Å². The molecule has 2 aliphatic rings. The van der Waals surface area contributed by atoms with Gasteiger partial charge in [0.25, 0.3) is 11.8 Å². The molecule has 3 rings (SSSR count). The van der Waals surface area contributed by atoms with E-state index < -0.39 is 0 Å². The van der Waals surface area contributed by atoms with Crippen molar-refractivity contribution in [3.05, 3.63) is 34.7 Å². The van der Waals surface area contributed by atoms with Crippen molar-refractivity contribution in [1.82, 2.24) is 4.90 Å². The predicted octanol–water partition coefficient (Wildman–Crippen LogP) is 4.64. The smallest absolute Gasteiger partial charge is 0.268 e. The minimum atomic E-state index is -0.123. The molecule has 0 saturated heterocycles. The van der Waals surface area contributed by atoms with Gasteiger partial charge in [0, 0.05) is 6.04 Å². The Morgan fingerprint density at radius 2 is 1.62 bits per heavy atom. The van der Waals surface area contributed by atoms with Gasteiger partial charge in [0.05, 0.1) is 17.6 Å². The minimum absolute atomic E-state index is 0.0403. The number of hydrogen-bond donors (Lipinski definition) is 0. The minimum Gasteiger partial charge on any atom is -0.497 e. The summed E-state index contributed by atoms with van der Waals surface area (Å²) in [5, 5.41) is 0. The first-order valence-corrected chi connectivity index (χ1v) is 10.5. The average molecular weight is 374 g/mol. The zero-order chi connectivity index (χ0) is 18.5. The van der Waals surface area contributed by atoms with E-state index in [2.05, 4.69) is 0 Å². The van der Waals surface area contributed by atoms with Crippen LogP contribution in [-0.2, 0) is 9.59 Å². The molecule has 26 heavy (non-hydrogen) atoms. The molecular weight excluding hydrogens is 346 g/mol. The van der Waals surface area contributed by atoms with Crippen LogP contribution in [0.25, 0.3) is 5.57 Å². The van der Waals surface area contributed by atoms with Gasteiger partial charge in [-0.1, -0.05) is 51.2 Å². The second-order valence-corrected chi connectivity index (χ2v) is 8.12. The number of methoxy groups -OCH3 is 1. The van der Waals surface area contributed by atoms with Gasteiger partial charge in [0.1, 0.15) is 5.75 Å². The van der Waals surface area contributed by atoms with Crippen LogP contribution in [0.2, 0.25) is 0 Å². The van der Waals surface area contributed by atoms with E-state index in [-0.39, 0.29) is 17.9 Å². The summed E-state index contributed by atoms with van der Waals surface area (Å²) in [6.07, 6.45) is 7.70. The first-order chi connectivity index (χ1) is 12.7. The number of amides is 2. The van der Waals surface area contributed by atoms with Gasteiger partial charge >= 0.3 is 0 Å². The lowest BCUT2D eigenvalue weighted by atomic mass is 9.95. The molecule has 2 amide bonds. The third-order valence-electron chi connectivity index (χ3n) is 5.18. The number of rotatable bonds is 5. The summed E-state index contributed by atoms with van der Waals surface area (Å²) in [5.41, 5.74) is 1.36. The molecule has 0 atom stereocenters. The number of nitrogens with zero attached hydrogens (tertiary/aromatic N) is 1. The molecule has 0 bridgehead atoms. The Labute approximate surface area is 160 Å². The van der Waals surface area contributed by atoms with Gasteiger partial charge in [-0.05, 0) is 36.3 Å². The highest BCUT2D eigenvalue weighted by atomic mass is 32.2. The number of benzene rings is 1. The lowest BCUT2D eigenvalue weighted by Crippen LogP contribution is -2.41. The highest BCUT2D eigenvalue weighted by Gasteiger charge is 2.42. The monoisotopic (exact) mass is 373 g/mol. The van der Waals surface area contributed by atoms with Crippen molar-refractivity contribution in [2.45, 2.75) is 57.9 Å². The number of carbonyl (C=O) groups excluding carboxylic acids is 2. The fourth-order valence-corrected chi connectivity index (χ4v) is 4.70. The summed E-state index contributed by atoms with van der Waals surface area (Å²) in [7, 11) is 1.62. The van der Waals surface area contributed by atoms with E-state index in [1.54, 1.807) is 12.0 Å². The largest absolute Gasteiger partial charge is 0.497 e. The van der Waals surface area contributed by atoms with Gasteiger partial charge in [0.15, 0.2) is 0 Å². The third-order valence-corrected chi connectivity index (χ3v) is 6.14. The predicted molar refractivity (Wildman–Crippen MR) is 106 cm³/mol. The normalized spacial score (nSPS) is 19.7. The molecule has 4 nitrogen and oxygen atoms in total. The number of carbonyl (C=O) groups is 2. The lowest BCUT2D eigenvalue weighted by Gasteiger charge is -2.28. The van der Waals surface area contributed by atoms with Crippen LogP contribution in [0.15, 0.2) is 29.2 Å². The van der Waals surface area contributed by atoms with E-state index in [0.29, 0.717) is 10.5 Å². The van der Waals surface area contributed by atoms with Gasteiger partial charge in [-0.3, -0.25) is 14.5 Å². The Hall–Kier alpha value is -1.75. The summed E-state index contributed by atoms with van der Waals surface area (Å²) in [5.74, 6) is 1.29. The fourth-order valence-electron chi connectivity index (χ4n) is 3.84. The molecule has 1 aliphatic carbocycles. The first kappa shape index (κ1) is 19.0. The molecule has 1 fully saturated rings. The standard InChI is InChI=1S/C21H27NO3S/c1-3-26-19-18(15-11-13-17(25-2)14-12-15)20(23)22(21(19)24)16-9-7-5-4-6-8-10-16/h11-14,16H,3-10H2,1-2H3. The number of imide groups is 1. The van der Waals surface area contributed by atoms with Gasteiger partial charge < -0.3 is 4.74 Å². The van der Waals surface area contributed by atoms with Crippen molar-refractivity contribution >= 4 is 29.1 Å². The maximum atomic E-state index is 13.3. The molecule has 0 spiro atoms. The Kier molecular flexibility index (Phi) is 6.41. The molecule has 0 aromatic heterocycles. The molecule has 140 valence electrons. The van der Waals surface area contributed by atoms with E-state index in [1.807, 2.05) is 31.2 Å². The van der Waals surface area contributed by atoms with Gasteiger partial charge in [-0.25, -0.2) is 0 Å². The first-order valence-electron chi connectivity index (χ1n) is 9.56. The molecule has 1 heterocycles. The molecular formula is C21H27NO3S. The molecule has 0 radical (unpaired) electrons. The maximum Gasteiger partial charge on any atom is 0.268 e. The van der Waals surface area contributed by atoms with Crippen molar-refractivity contribution in [1.29, 1.82) is 0 Å². The second kappa shape index (κ2) is 8.76. The van der Waals surface area contributed by atoms with Crippen molar-refractivity contribution in [3.8, 4) is 5.75 Å². The Bertz CT molecular complexity index is 688. The molecule has 5 heteroatoms. The van der Waals surface area contributed by atoms with Crippen molar-refractivity contribution in [2.75, 3.05) is 12.9 Å². The van der Waals surface area contributed by atoms with Crippen LogP contribution >= 0.6 is 11.8 Å².